The van der Waals surface area contributed by atoms with E-state index in [4.69, 9.17) is 9.15 Å². The van der Waals surface area contributed by atoms with Crippen molar-refractivity contribution in [1.29, 1.82) is 0 Å². The molecule has 2 heterocycles. The fraction of sp³-hybridized carbons (Fsp3) is 0.208. The minimum absolute atomic E-state index is 0.0545. The number of hydrogen-bond donors (Lipinski definition) is 0. The highest BCUT2D eigenvalue weighted by Crippen LogP contribution is 2.37. The van der Waals surface area contributed by atoms with Gasteiger partial charge < -0.3 is 14.1 Å². The van der Waals surface area contributed by atoms with E-state index in [0.29, 0.717) is 32.2 Å². The third kappa shape index (κ3) is 3.60. The lowest BCUT2D eigenvalue weighted by molar-refractivity contribution is 0.120. The lowest BCUT2D eigenvalue weighted by Crippen LogP contribution is -2.36. The summed E-state index contributed by atoms with van der Waals surface area (Å²) in [5, 5.41) is 1.94. The molecule has 31 heavy (non-hydrogen) atoms. The van der Waals surface area contributed by atoms with Gasteiger partial charge in [0.25, 0.3) is 0 Å². The Morgan fingerprint density at radius 2 is 1.61 bits per heavy atom. The maximum Gasteiger partial charge on any atom is 0.236 e. The minimum atomic E-state index is -3.86. The predicted molar refractivity (Wildman–Crippen MR) is 119 cm³/mol. The molecule has 0 bridgehead atoms. The van der Waals surface area contributed by atoms with Crippen molar-refractivity contribution in [2.24, 2.45) is 0 Å². The summed E-state index contributed by atoms with van der Waals surface area (Å²) < 4.78 is 38.7. The number of sulfone groups is 1. The van der Waals surface area contributed by atoms with Crippen molar-refractivity contribution in [3.8, 4) is 11.5 Å². The average Bonchev–Trinajstić information content (AvgIpc) is 3.26. The molecule has 0 amide bonds. The molecule has 0 saturated carbocycles. The van der Waals surface area contributed by atoms with Gasteiger partial charge in [0.05, 0.1) is 18.1 Å². The van der Waals surface area contributed by atoms with Gasteiger partial charge in [-0.2, -0.15) is 4.98 Å². The highest BCUT2D eigenvalue weighted by atomic mass is 32.2. The van der Waals surface area contributed by atoms with Crippen LogP contribution in [0.5, 0.6) is 0 Å². The van der Waals surface area contributed by atoms with Gasteiger partial charge in [0, 0.05) is 18.7 Å². The van der Waals surface area contributed by atoms with Gasteiger partial charge in [-0.1, -0.05) is 54.1 Å². The summed E-state index contributed by atoms with van der Waals surface area (Å²) in [5.41, 5.74) is 1.75. The second kappa shape index (κ2) is 7.83. The van der Waals surface area contributed by atoms with E-state index in [1.54, 1.807) is 24.3 Å². The zero-order valence-corrected chi connectivity index (χ0v) is 17.9. The summed E-state index contributed by atoms with van der Waals surface area (Å²) >= 11 is 0. The molecule has 0 radical (unpaired) electrons. The van der Waals surface area contributed by atoms with Crippen LogP contribution >= 0.6 is 0 Å². The van der Waals surface area contributed by atoms with Gasteiger partial charge in [-0.25, -0.2) is 8.42 Å². The number of rotatable bonds is 4. The number of benzene rings is 3. The van der Waals surface area contributed by atoms with Crippen molar-refractivity contribution in [1.82, 2.24) is 4.98 Å². The van der Waals surface area contributed by atoms with Crippen molar-refractivity contribution in [2.45, 2.75) is 16.8 Å². The molecule has 0 N–H and O–H groups in total. The monoisotopic (exact) mass is 434 g/mol. The Labute approximate surface area is 181 Å². The number of anilines is 1. The summed E-state index contributed by atoms with van der Waals surface area (Å²) in [5.74, 6) is 0.566. The number of nitrogens with zero attached hydrogens (tertiary/aromatic N) is 2. The van der Waals surface area contributed by atoms with Crippen LogP contribution in [0.1, 0.15) is 5.56 Å². The fourth-order valence-corrected chi connectivity index (χ4v) is 5.12. The molecule has 0 unspecified atom stereocenters. The van der Waals surface area contributed by atoms with E-state index in [9.17, 15) is 8.42 Å². The summed E-state index contributed by atoms with van der Waals surface area (Å²) in [6.45, 7) is 4.02. The van der Waals surface area contributed by atoms with E-state index in [-0.39, 0.29) is 15.8 Å². The normalized spacial score (nSPS) is 14.8. The molecule has 5 rings (SSSR count). The zero-order chi connectivity index (χ0) is 21.4. The van der Waals surface area contributed by atoms with Gasteiger partial charge >= 0.3 is 0 Å². The first-order valence-corrected chi connectivity index (χ1v) is 11.7. The van der Waals surface area contributed by atoms with Crippen molar-refractivity contribution in [2.75, 3.05) is 31.2 Å². The number of oxazole rings is 1. The molecule has 1 saturated heterocycles. The predicted octanol–water partition coefficient (Wildman–Crippen LogP) is 4.47. The van der Waals surface area contributed by atoms with E-state index >= 15 is 0 Å². The van der Waals surface area contributed by atoms with Crippen LogP contribution in [0.25, 0.3) is 22.2 Å². The quantitative estimate of drug-likeness (QED) is 0.472. The lowest BCUT2D eigenvalue weighted by atomic mass is 10.0. The number of aromatic nitrogens is 1. The highest BCUT2D eigenvalue weighted by molar-refractivity contribution is 7.91. The topological polar surface area (TPSA) is 72.6 Å². The number of aryl methyl sites for hydroxylation is 1. The van der Waals surface area contributed by atoms with Crippen molar-refractivity contribution in [3.05, 3.63) is 72.3 Å². The van der Waals surface area contributed by atoms with E-state index in [1.807, 2.05) is 54.3 Å². The third-order valence-electron chi connectivity index (χ3n) is 5.48. The van der Waals surface area contributed by atoms with Gasteiger partial charge in [0.15, 0.2) is 0 Å². The molecular formula is C24H22N2O4S. The second-order valence-electron chi connectivity index (χ2n) is 7.57. The number of morpholine rings is 1. The van der Waals surface area contributed by atoms with Crippen molar-refractivity contribution < 1.29 is 17.6 Å². The van der Waals surface area contributed by atoms with Gasteiger partial charge in [-0.15, -0.1) is 0 Å². The van der Waals surface area contributed by atoms with Crippen LogP contribution in [0.15, 0.2) is 81.1 Å². The van der Waals surface area contributed by atoms with E-state index < -0.39 is 9.84 Å². The highest BCUT2D eigenvalue weighted by Gasteiger charge is 2.32. The van der Waals surface area contributed by atoms with Gasteiger partial charge in [-0.3, -0.25) is 0 Å². The average molecular weight is 435 g/mol. The Kier molecular flexibility index (Phi) is 5.00. The SMILES string of the molecule is Cc1ccc(S(=O)(=O)c2nc(-c3cccc4ccccc34)oc2N2CCOCC2)cc1. The Morgan fingerprint density at radius 3 is 2.39 bits per heavy atom. The van der Waals surface area contributed by atoms with Crippen LogP contribution in [0.3, 0.4) is 0 Å². The molecule has 4 aromatic rings. The molecule has 1 aliphatic rings. The molecular weight excluding hydrogens is 412 g/mol. The zero-order valence-electron chi connectivity index (χ0n) is 17.1. The van der Waals surface area contributed by atoms with Crippen LogP contribution in [0, 0.1) is 6.92 Å². The first-order valence-electron chi connectivity index (χ1n) is 10.2. The molecule has 1 fully saturated rings. The fourth-order valence-electron chi connectivity index (χ4n) is 3.80. The standard InChI is InChI=1S/C24H22N2O4S/c1-17-9-11-19(12-10-17)31(27,28)23-24(26-13-15-29-16-14-26)30-22(25-23)21-8-4-6-18-5-2-3-7-20(18)21/h2-12H,13-16H2,1H3. The summed E-state index contributed by atoms with van der Waals surface area (Å²) in [4.78, 5) is 6.63. The van der Waals surface area contributed by atoms with Gasteiger partial charge in [0.2, 0.25) is 26.6 Å². The van der Waals surface area contributed by atoms with E-state index in [1.165, 1.54) is 0 Å². The Hall–Kier alpha value is -3.16. The van der Waals surface area contributed by atoms with E-state index in [0.717, 1.165) is 21.9 Å². The molecule has 0 aliphatic carbocycles. The molecule has 1 aromatic heterocycles. The smallest absolute Gasteiger partial charge is 0.236 e. The third-order valence-corrected chi connectivity index (χ3v) is 7.15. The molecule has 0 spiro atoms. The van der Waals surface area contributed by atoms with Crippen LogP contribution in [-0.4, -0.2) is 39.7 Å². The van der Waals surface area contributed by atoms with E-state index in [2.05, 4.69) is 4.98 Å². The van der Waals surface area contributed by atoms with Crippen molar-refractivity contribution >= 4 is 26.5 Å². The number of ether oxygens (including phenoxy) is 1. The Morgan fingerprint density at radius 1 is 0.903 bits per heavy atom. The first kappa shape index (κ1) is 19.8. The largest absolute Gasteiger partial charge is 0.419 e. The molecule has 1 aliphatic heterocycles. The summed E-state index contributed by atoms with van der Waals surface area (Å²) in [6, 6.07) is 20.5. The maximum absolute atomic E-state index is 13.5. The second-order valence-corrected chi connectivity index (χ2v) is 9.44. The minimum Gasteiger partial charge on any atom is -0.419 e. The number of fused-ring (bicyclic) bond motifs is 1. The van der Waals surface area contributed by atoms with Gasteiger partial charge in [0.1, 0.15) is 0 Å². The number of hydrogen-bond acceptors (Lipinski definition) is 6. The summed E-state index contributed by atoms with van der Waals surface area (Å²) in [7, 11) is -3.86. The lowest BCUT2D eigenvalue weighted by Gasteiger charge is -2.26. The van der Waals surface area contributed by atoms with Crippen molar-refractivity contribution in [3.63, 3.8) is 0 Å². The Balaban J connectivity index is 1.70. The Bertz CT molecular complexity index is 1330. The molecule has 3 aromatic carbocycles. The maximum atomic E-state index is 13.5. The van der Waals surface area contributed by atoms with Crippen LogP contribution in [-0.2, 0) is 14.6 Å². The molecule has 158 valence electrons. The van der Waals surface area contributed by atoms with Crippen LogP contribution in [0.2, 0.25) is 0 Å². The molecule has 7 heteroatoms. The first-order chi connectivity index (χ1) is 15.0. The molecule has 6 nitrogen and oxygen atoms in total. The van der Waals surface area contributed by atoms with Gasteiger partial charge in [-0.05, 0) is 35.9 Å². The van der Waals surface area contributed by atoms with Crippen LogP contribution < -0.4 is 4.90 Å². The molecule has 0 atom stereocenters. The summed E-state index contributed by atoms with van der Waals surface area (Å²) in [6.07, 6.45) is 0. The van der Waals surface area contributed by atoms with Crippen LogP contribution in [0.4, 0.5) is 5.88 Å².